The first kappa shape index (κ1) is 31.3. The highest BCUT2D eigenvalue weighted by Gasteiger charge is 2.33. The zero-order chi connectivity index (χ0) is 31.3. The number of nitrogens with one attached hydrogen (secondary N) is 5. The number of H-pyrrole nitrogens is 2. The molecule has 2 aromatic carbocycles. The summed E-state index contributed by atoms with van der Waals surface area (Å²) in [5, 5.41) is 28.8. The highest BCUT2D eigenvalue weighted by Crippen LogP contribution is 2.21. The maximum absolute atomic E-state index is 13.7. The van der Waals surface area contributed by atoms with Crippen LogP contribution in [0.5, 0.6) is 0 Å². The molecular formula is C31H38N6O6. The zero-order valence-electron chi connectivity index (χ0n) is 24.3. The number of rotatable bonds is 13. The first-order valence-corrected chi connectivity index (χ1v) is 14.1. The number of hydrogen-bond donors (Lipinski definition) is 8. The summed E-state index contributed by atoms with van der Waals surface area (Å²) in [7, 11) is 0. The Balaban J connectivity index is 1.55. The summed E-state index contributed by atoms with van der Waals surface area (Å²) in [4.78, 5) is 58.0. The highest BCUT2D eigenvalue weighted by atomic mass is 16.4. The van der Waals surface area contributed by atoms with E-state index >= 15 is 0 Å². The molecule has 0 radical (unpaired) electrons. The summed E-state index contributed by atoms with van der Waals surface area (Å²) >= 11 is 0. The monoisotopic (exact) mass is 590 g/mol. The van der Waals surface area contributed by atoms with E-state index in [1.165, 1.54) is 6.92 Å². The van der Waals surface area contributed by atoms with Crippen molar-refractivity contribution in [1.82, 2.24) is 25.9 Å². The van der Waals surface area contributed by atoms with Crippen LogP contribution in [0.4, 0.5) is 0 Å². The van der Waals surface area contributed by atoms with Crippen LogP contribution in [-0.4, -0.2) is 74.1 Å². The lowest BCUT2D eigenvalue weighted by Crippen LogP contribution is -2.60. The van der Waals surface area contributed by atoms with Crippen LogP contribution < -0.4 is 21.7 Å². The van der Waals surface area contributed by atoms with Crippen LogP contribution in [-0.2, 0) is 32.0 Å². The maximum Gasteiger partial charge on any atom is 0.328 e. The van der Waals surface area contributed by atoms with Gasteiger partial charge in [0, 0.05) is 40.6 Å². The molecule has 0 aliphatic rings. The Morgan fingerprint density at radius 3 is 1.77 bits per heavy atom. The first-order valence-electron chi connectivity index (χ1n) is 14.1. The maximum atomic E-state index is 13.7. The van der Waals surface area contributed by atoms with Gasteiger partial charge in [-0.1, -0.05) is 50.2 Å². The Morgan fingerprint density at radius 2 is 1.26 bits per heavy atom. The fraction of sp³-hybridized carbons (Fsp3) is 0.355. The smallest absolute Gasteiger partial charge is 0.328 e. The largest absolute Gasteiger partial charge is 0.480 e. The van der Waals surface area contributed by atoms with Crippen molar-refractivity contribution >= 4 is 45.5 Å². The molecule has 0 saturated carbocycles. The van der Waals surface area contributed by atoms with Crippen LogP contribution >= 0.6 is 0 Å². The number of aliphatic hydroxyl groups is 1. The van der Waals surface area contributed by atoms with Gasteiger partial charge in [0.15, 0.2) is 6.04 Å². The quantitative estimate of drug-likeness (QED) is 0.115. The SMILES string of the molecule is CC(C)C(NC(=O)C(Cc1c[nH]c2ccccc12)NC(=O)C(N)Cc1c[nH]c2ccccc12)C(=O)NC(C(=O)O)C(C)O. The van der Waals surface area contributed by atoms with Gasteiger partial charge < -0.3 is 41.9 Å². The molecule has 0 aliphatic carbocycles. The number of carboxylic acid groups (broad SMARTS) is 1. The minimum absolute atomic E-state index is 0.0965. The molecule has 2 aromatic heterocycles. The number of fused-ring (bicyclic) bond motifs is 2. The molecule has 12 heteroatoms. The molecule has 0 fully saturated rings. The van der Waals surface area contributed by atoms with Crippen molar-refractivity contribution in [3.8, 4) is 0 Å². The predicted octanol–water partition coefficient (Wildman–Crippen LogP) is 1.34. The Labute approximate surface area is 248 Å². The number of carbonyl (C=O) groups excluding carboxylic acids is 3. The molecule has 0 bridgehead atoms. The molecule has 0 saturated heterocycles. The number of aliphatic carboxylic acids is 1. The second-order valence-corrected chi connectivity index (χ2v) is 11.1. The number of carboxylic acids is 1. The second-order valence-electron chi connectivity index (χ2n) is 11.1. The van der Waals surface area contributed by atoms with Gasteiger partial charge in [-0.25, -0.2) is 4.79 Å². The van der Waals surface area contributed by atoms with Gasteiger partial charge in [0.25, 0.3) is 0 Å². The van der Waals surface area contributed by atoms with E-state index in [1.54, 1.807) is 26.2 Å². The van der Waals surface area contributed by atoms with Gasteiger partial charge in [0.1, 0.15) is 12.1 Å². The Hall–Kier alpha value is -4.68. The number of benzene rings is 2. The molecular weight excluding hydrogens is 552 g/mol. The predicted molar refractivity (Wildman–Crippen MR) is 162 cm³/mol. The molecule has 0 aliphatic heterocycles. The first-order chi connectivity index (χ1) is 20.5. The number of amides is 3. The van der Waals surface area contributed by atoms with Gasteiger partial charge in [-0.3, -0.25) is 14.4 Å². The number of para-hydroxylation sites is 2. The summed E-state index contributed by atoms with van der Waals surface area (Å²) in [6.07, 6.45) is 2.52. The van der Waals surface area contributed by atoms with Crippen LogP contribution in [0.2, 0.25) is 0 Å². The lowest BCUT2D eigenvalue weighted by molar-refractivity contribution is -0.145. The Kier molecular flexibility index (Phi) is 9.84. The normalized spacial score (nSPS) is 15.0. The molecule has 5 unspecified atom stereocenters. The average molecular weight is 591 g/mol. The summed E-state index contributed by atoms with van der Waals surface area (Å²) < 4.78 is 0. The fourth-order valence-corrected chi connectivity index (χ4v) is 5.06. The molecule has 5 atom stereocenters. The van der Waals surface area contributed by atoms with Gasteiger partial charge in [-0.2, -0.15) is 0 Å². The van der Waals surface area contributed by atoms with E-state index in [9.17, 15) is 29.4 Å². The van der Waals surface area contributed by atoms with Crippen LogP contribution in [0.15, 0.2) is 60.9 Å². The lowest BCUT2D eigenvalue weighted by atomic mass is 9.99. The van der Waals surface area contributed by atoms with Gasteiger partial charge in [0.2, 0.25) is 17.7 Å². The van der Waals surface area contributed by atoms with Crippen LogP contribution in [0.25, 0.3) is 21.8 Å². The second kappa shape index (κ2) is 13.5. The molecule has 9 N–H and O–H groups in total. The summed E-state index contributed by atoms with van der Waals surface area (Å²) in [6.45, 7) is 4.62. The molecule has 3 amide bonds. The molecule has 4 aromatic rings. The third-order valence-corrected chi connectivity index (χ3v) is 7.48. The Bertz CT molecular complexity index is 1610. The highest BCUT2D eigenvalue weighted by molar-refractivity contribution is 5.95. The third-order valence-electron chi connectivity index (χ3n) is 7.48. The molecule has 43 heavy (non-hydrogen) atoms. The van der Waals surface area contributed by atoms with Gasteiger partial charge in [-0.15, -0.1) is 0 Å². The van der Waals surface area contributed by atoms with Crippen molar-refractivity contribution in [2.24, 2.45) is 11.7 Å². The standard InChI is InChI=1S/C31H38N6O6/c1-16(2)26(30(41)37-27(17(3)38)31(42)43)36-29(40)25(13-19-15-34-24-11-7-5-9-21(19)24)35-28(39)22(32)12-18-14-33-23-10-6-4-8-20(18)23/h4-11,14-17,22,25-27,33-34,38H,12-13,32H2,1-3H3,(H,35,39)(H,36,40)(H,37,41)(H,42,43). The number of nitrogens with two attached hydrogens (primary N) is 1. The van der Waals surface area contributed by atoms with Crippen molar-refractivity contribution in [3.63, 3.8) is 0 Å². The summed E-state index contributed by atoms with van der Waals surface area (Å²) in [5.74, 6) is -3.82. The van der Waals surface area contributed by atoms with Gasteiger partial charge in [-0.05, 0) is 42.5 Å². The number of carbonyl (C=O) groups is 4. The topological polar surface area (TPSA) is 202 Å². The molecule has 12 nitrogen and oxygen atoms in total. The van der Waals surface area contributed by atoms with E-state index in [0.29, 0.717) is 0 Å². The van der Waals surface area contributed by atoms with Crippen molar-refractivity contribution in [1.29, 1.82) is 0 Å². The number of aromatic amines is 2. The lowest BCUT2D eigenvalue weighted by Gasteiger charge is -2.27. The zero-order valence-corrected chi connectivity index (χ0v) is 24.3. The van der Waals surface area contributed by atoms with Crippen LogP contribution in [0.3, 0.4) is 0 Å². The van der Waals surface area contributed by atoms with E-state index < -0.39 is 59.9 Å². The molecule has 228 valence electrons. The van der Waals surface area contributed by atoms with Gasteiger partial charge in [0.05, 0.1) is 12.1 Å². The van der Waals surface area contributed by atoms with Crippen LogP contribution in [0, 0.1) is 5.92 Å². The Morgan fingerprint density at radius 1 is 0.744 bits per heavy atom. The van der Waals surface area contributed by atoms with Crippen molar-refractivity contribution in [2.45, 2.75) is 63.9 Å². The molecule has 2 heterocycles. The van der Waals surface area contributed by atoms with Crippen molar-refractivity contribution in [3.05, 3.63) is 72.1 Å². The fourth-order valence-electron chi connectivity index (χ4n) is 5.06. The minimum Gasteiger partial charge on any atom is -0.480 e. The molecule has 4 rings (SSSR count). The van der Waals surface area contributed by atoms with E-state index in [2.05, 4.69) is 25.9 Å². The van der Waals surface area contributed by atoms with E-state index in [-0.39, 0.29) is 12.8 Å². The summed E-state index contributed by atoms with van der Waals surface area (Å²) in [6, 6.07) is 10.4. The number of aliphatic hydroxyl groups excluding tert-OH is 1. The number of hydrogen-bond acceptors (Lipinski definition) is 6. The number of aromatic nitrogens is 2. The van der Waals surface area contributed by atoms with E-state index in [0.717, 1.165) is 32.9 Å². The molecule has 0 spiro atoms. The van der Waals surface area contributed by atoms with E-state index in [1.807, 2.05) is 48.5 Å². The minimum atomic E-state index is -1.56. The third kappa shape index (κ3) is 7.40. The van der Waals surface area contributed by atoms with Crippen molar-refractivity contribution < 1.29 is 29.4 Å². The summed E-state index contributed by atoms with van der Waals surface area (Å²) in [5.41, 5.74) is 9.72. The van der Waals surface area contributed by atoms with E-state index in [4.69, 9.17) is 5.73 Å². The van der Waals surface area contributed by atoms with Gasteiger partial charge >= 0.3 is 5.97 Å². The van der Waals surface area contributed by atoms with Crippen LogP contribution in [0.1, 0.15) is 31.9 Å². The van der Waals surface area contributed by atoms with Crippen molar-refractivity contribution in [2.75, 3.05) is 0 Å². The average Bonchev–Trinajstić information content (AvgIpc) is 3.57.